The summed E-state index contributed by atoms with van der Waals surface area (Å²) in [7, 11) is 2.84. The van der Waals surface area contributed by atoms with Gasteiger partial charge in [-0.3, -0.25) is 4.79 Å². The maximum atomic E-state index is 12.2. The number of aliphatic hydroxyl groups excluding tert-OH is 1. The number of methoxy groups -OCH3 is 2. The first kappa shape index (κ1) is 16.0. The van der Waals surface area contributed by atoms with Crippen molar-refractivity contribution in [1.29, 1.82) is 0 Å². The monoisotopic (exact) mass is 306 g/mol. The SMILES string of the molecule is COc1cc2ccc(=O)oc2c(C(O)C(=O)C(C)C)c1OC. The molecule has 0 aliphatic heterocycles. The van der Waals surface area contributed by atoms with Crippen LogP contribution < -0.4 is 15.1 Å². The second kappa shape index (κ2) is 6.19. The summed E-state index contributed by atoms with van der Waals surface area (Å²) in [5, 5.41) is 11.0. The van der Waals surface area contributed by atoms with Crippen LogP contribution in [0.1, 0.15) is 25.5 Å². The first-order chi connectivity index (χ1) is 10.4. The van der Waals surface area contributed by atoms with Crippen LogP contribution in [0.5, 0.6) is 11.5 Å². The summed E-state index contributed by atoms with van der Waals surface area (Å²) in [4.78, 5) is 23.7. The van der Waals surface area contributed by atoms with Gasteiger partial charge in [0.25, 0.3) is 0 Å². The van der Waals surface area contributed by atoms with Crippen molar-refractivity contribution in [1.82, 2.24) is 0 Å². The molecule has 22 heavy (non-hydrogen) atoms. The zero-order chi connectivity index (χ0) is 16.4. The van der Waals surface area contributed by atoms with Crippen molar-refractivity contribution in [3.05, 3.63) is 34.2 Å². The predicted octanol–water partition coefficient (Wildman–Crippen LogP) is 2.07. The Morgan fingerprint density at radius 1 is 1.23 bits per heavy atom. The van der Waals surface area contributed by atoms with Gasteiger partial charge in [0.1, 0.15) is 11.7 Å². The van der Waals surface area contributed by atoms with Crippen molar-refractivity contribution in [2.24, 2.45) is 5.92 Å². The molecule has 0 spiro atoms. The van der Waals surface area contributed by atoms with E-state index in [1.54, 1.807) is 26.0 Å². The van der Waals surface area contributed by atoms with Gasteiger partial charge in [-0.15, -0.1) is 0 Å². The average molecular weight is 306 g/mol. The number of ether oxygens (including phenoxy) is 2. The molecule has 6 heteroatoms. The van der Waals surface area contributed by atoms with Crippen molar-refractivity contribution in [2.75, 3.05) is 14.2 Å². The number of rotatable bonds is 5. The van der Waals surface area contributed by atoms with Crippen LogP contribution in [-0.2, 0) is 4.79 Å². The number of hydrogen-bond acceptors (Lipinski definition) is 6. The highest BCUT2D eigenvalue weighted by atomic mass is 16.5. The van der Waals surface area contributed by atoms with E-state index >= 15 is 0 Å². The normalized spacial score (nSPS) is 12.5. The van der Waals surface area contributed by atoms with Crippen LogP contribution in [0.15, 0.2) is 27.4 Å². The third-order valence-electron chi connectivity index (χ3n) is 3.40. The fraction of sp³-hybridized carbons (Fsp3) is 0.375. The Bertz CT molecular complexity index is 759. The minimum atomic E-state index is -1.47. The molecule has 118 valence electrons. The van der Waals surface area contributed by atoms with Gasteiger partial charge in [0.15, 0.2) is 17.3 Å². The van der Waals surface area contributed by atoms with E-state index in [0.29, 0.717) is 11.1 Å². The van der Waals surface area contributed by atoms with E-state index in [9.17, 15) is 14.7 Å². The highest BCUT2D eigenvalue weighted by Crippen LogP contribution is 2.41. The number of hydrogen-bond donors (Lipinski definition) is 1. The van der Waals surface area contributed by atoms with Crippen LogP contribution in [0.3, 0.4) is 0 Å². The zero-order valence-electron chi connectivity index (χ0n) is 12.9. The van der Waals surface area contributed by atoms with E-state index in [1.807, 2.05) is 0 Å². The second-order valence-electron chi connectivity index (χ2n) is 5.16. The van der Waals surface area contributed by atoms with E-state index in [0.717, 1.165) is 0 Å². The van der Waals surface area contributed by atoms with Gasteiger partial charge >= 0.3 is 5.63 Å². The molecule has 0 radical (unpaired) electrons. The predicted molar refractivity (Wildman–Crippen MR) is 80.4 cm³/mol. The Kier molecular flexibility index (Phi) is 4.51. The summed E-state index contributed by atoms with van der Waals surface area (Å²) in [6, 6.07) is 4.42. The molecule has 0 saturated heterocycles. The van der Waals surface area contributed by atoms with E-state index < -0.39 is 23.4 Å². The minimum Gasteiger partial charge on any atom is -0.493 e. The molecule has 1 N–H and O–H groups in total. The molecular weight excluding hydrogens is 288 g/mol. The fourth-order valence-corrected chi connectivity index (χ4v) is 2.26. The quantitative estimate of drug-likeness (QED) is 0.851. The Morgan fingerprint density at radius 3 is 2.45 bits per heavy atom. The Labute approximate surface area is 127 Å². The van der Waals surface area contributed by atoms with Crippen LogP contribution >= 0.6 is 0 Å². The molecule has 0 aliphatic carbocycles. The van der Waals surface area contributed by atoms with Gasteiger partial charge in [-0.2, -0.15) is 0 Å². The number of benzene rings is 1. The highest BCUT2D eigenvalue weighted by Gasteiger charge is 2.29. The topological polar surface area (TPSA) is 86.0 Å². The number of carbonyl (C=O) groups excluding carboxylic acids is 1. The van der Waals surface area contributed by atoms with E-state index in [2.05, 4.69) is 0 Å². The molecule has 1 aromatic heterocycles. The molecule has 0 saturated carbocycles. The summed E-state index contributed by atoms with van der Waals surface area (Å²) < 4.78 is 15.7. The maximum Gasteiger partial charge on any atom is 0.336 e. The lowest BCUT2D eigenvalue weighted by molar-refractivity contribution is -0.130. The first-order valence-electron chi connectivity index (χ1n) is 6.81. The van der Waals surface area contributed by atoms with Gasteiger partial charge < -0.3 is 19.0 Å². The molecule has 2 aromatic rings. The minimum absolute atomic E-state index is 0.105. The van der Waals surface area contributed by atoms with Gasteiger partial charge in [-0.1, -0.05) is 13.8 Å². The van der Waals surface area contributed by atoms with Crippen LogP contribution in [0.25, 0.3) is 11.0 Å². The molecular formula is C16H18O6. The highest BCUT2D eigenvalue weighted by molar-refractivity contribution is 5.93. The van der Waals surface area contributed by atoms with Gasteiger partial charge in [0, 0.05) is 17.4 Å². The molecule has 1 unspecified atom stereocenters. The van der Waals surface area contributed by atoms with Gasteiger partial charge in [0.05, 0.1) is 19.8 Å². The van der Waals surface area contributed by atoms with Gasteiger partial charge in [-0.05, 0) is 12.1 Å². The smallest absolute Gasteiger partial charge is 0.336 e. The van der Waals surface area contributed by atoms with Gasteiger partial charge in [0.2, 0.25) is 0 Å². The summed E-state index contributed by atoms with van der Waals surface area (Å²) in [5.74, 6) is -0.281. The van der Waals surface area contributed by atoms with Crippen LogP contribution in [-0.4, -0.2) is 25.1 Å². The van der Waals surface area contributed by atoms with Crippen molar-refractivity contribution >= 4 is 16.8 Å². The van der Waals surface area contributed by atoms with E-state index in [4.69, 9.17) is 13.9 Å². The van der Waals surface area contributed by atoms with Crippen molar-refractivity contribution in [3.63, 3.8) is 0 Å². The summed E-state index contributed by atoms with van der Waals surface area (Å²) >= 11 is 0. The summed E-state index contributed by atoms with van der Waals surface area (Å²) in [6.07, 6.45) is -1.47. The lowest BCUT2D eigenvalue weighted by atomic mass is 9.95. The first-order valence-corrected chi connectivity index (χ1v) is 6.81. The Balaban J connectivity index is 2.85. The lowest BCUT2D eigenvalue weighted by Gasteiger charge is -2.19. The molecule has 1 heterocycles. The average Bonchev–Trinajstić information content (AvgIpc) is 2.51. The zero-order valence-corrected chi connectivity index (χ0v) is 12.9. The molecule has 0 amide bonds. The molecule has 0 bridgehead atoms. The molecule has 0 fully saturated rings. The third-order valence-corrected chi connectivity index (χ3v) is 3.40. The number of carbonyl (C=O) groups is 1. The third kappa shape index (κ3) is 2.69. The number of Topliss-reactive ketones (excluding diaryl/α,β-unsaturated/α-hetero) is 1. The fourth-order valence-electron chi connectivity index (χ4n) is 2.26. The second-order valence-corrected chi connectivity index (χ2v) is 5.16. The standard InChI is InChI=1S/C16H18O6/c1-8(2)13(18)14(19)12-15-9(5-6-11(17)22-15)7-10(20-3)16(12)21-4/h5-8,14,19H,1-4H3. The largest absolute Gasteiger partial charge is 0.493 e. The molecule has 1 aromatic carbocycles. The lowest BCUT2D eigenvalue weighted by Crippen LogP contribution is -2.19. The van der Waals surface area contributed by atoms with Gasteiger partial charge in [-0.25, -0.2) is 4.79 Å². The van der Waals surface area contributed by atoms with Crippen LogP contribution in [0.4, 0.5) is 0 Å². The molecule has 2 rings (SSSR count). The maximum absolute atomic E-state index is 12.2. The molecule has 0 aliphatic rings. The summed E-state index contributed by atoms with van der Waals surface area (Å²) in [5.41, 5.74) is -0.356. The van der Waals surface area contributed by atoms with Crippen LogP contribution in [0, 0.1) is 5.92 Å². The van der Waals surface area contributed by atoms with Crippen molar-refractivity contribution in [2.45, 2.75) is 20.0 Å². The van der Waals surface area contributed by atoms with E-state index in [1.165, 1.54) is 20.3 Å². The Morgan fingerprint density at radius 2 is 1.91 bits per heavy atom. The molecule has 1 atom stereocenters. The summed E-state index contributed by atoms with van der Waals surface area (Å²) in [6.45, 7) is 3.35. The molecule has 6 nitrogen and oxygen atoms in total. The van der Waals surface area contributed by atoms with E-state index in [-0.39, 0.29) is 16.9 Å². The Hall–Kier alpha value is -2.34. The number of fused-ring (bicyclic) bond motifs is 1. The van der Waals surface area contributed by atoms with Crippen molar-refractivity contribution in [3.8, 4) is 11.5 Å². The van der Waals surface area contributed by atoms with Crippen molar-refractivity contribution < 1.29 is 23.8 Å². The van der Waals surface area contributed by atoms with Crippen LogP contribution in [0.2, 0.25) is 0 Å². The number of aliphatic hydroxyl groups is 1. The number of ketones is 1.